The quantitative estimate of drug-likeness (QED) is 0.489. The first-order valence-corrected chi connectivity index (χ1v) is 9.73. The number of ether oxygens (including phenoxy) is 1. The third kappa shape index (κ3) is 4.34. The number of anilines is 2. The molecule has 0 aliphatic rings. The molecule has 29 heavy (non-hydrogen) atoms. The van der Waals surface area contributed by atoms with Crippen LogP contribution in [0.4, 0.5) is 11.6 Å². The minimum Gasteiger partial charge on any atom is -0.494 e. The van der Waals surface area contributed by atoms with Gasteiger partial charge in [0.25, 0.3) is 0 Å². The fourth-order valence-corrected chi connectivity index (χ4v) is 2.88. The van der Waals surface area contributed by atoms with Crippen molar-refractivity contribution in [1.82, 2.24) is 34.7 Å². The van der Waals surface area contributed by atoms with Crippen LogP contribution in [0.2, 0.25) is 0 Å². The van der Waals surface area contributed by atoms with Gasteiger partial charge in [0.2, 0.25) is 5.95 Å². The highest BCUT2D eigenvalue weighted by atomic mass is 16.5. The van der Waals surface area contributed by atoms with E-state index in [9.17, 15) is 0 Å². The number of nitrogens with one attached hydrogen (secondary N) is 1. The van der Waals surface area contributed by atoms with Gasteiger partial charge in [-0.2, -0.15) is 14.8 Å². The summed E-state index contributed by atoms with van der Waals surface area (Å²) in [6.45, 7) is 7.87. The Kier molecular flexibility index (Phi) is 5.37. The summed E-state index contributed by atoms with van der Waals surface area (Å²) in [5, 5.41) is 16.0. The number of aryl methyl sites for hydroxylation is 1. The van der Waals surface area contributed by atoms with Crippen LogP contribution in [-0.2, 0) is 6.54 Å². The van der Waals surface area contributed by atoms with Gasteiger partial charge in [-0.15, -0.1) is 5.10 Å². The maximum absolute atomic E-state index is 5.49. The molecule has 0 unspecified atom stereocenters. The van der Waals surface area contributed by atoms with Crippen LogP contribution in [0.25, 0.3) is 16.9 Å². The Balaban J connectivity index is 1.55. The first-order chi connectivity index (χ1) is 14.1. The van der Waals surface area contributed by atoms with E-state index in [2.05, 4.69) is 44.5 Å². The summed E-state index contributed by atoms with van der Waals surface area (Å²) in [4.78, 5) is 8.93. The molecule has 0 saturated carbocycles. The highest BCUT2D eigenvalue weighted by Gasteiger charge is 2.11. The Bertz CT molecular complexity index is 1080. The van der Waals surface area contributed by atoms with Crippen molar-refractivity contribution in [3.8, 4) is 11.4 Å². The number of benzene rings is 1. The topological polar surface area (TPSA) is 95.6 Å². The van der Waals surface area contributed by atoms with E-state index in [0.717, 1.165) is 30.1 Å². The summed E-state index contributed by atoms with van der Waals surface area (Å²) < 4.78 is 9.10. The molecule has 3 heterocycles. The molecule has 0 fully saturated rings. The maximum atomic E-state index is 5.49. The van der Waals surface area contributed by atoms with Crippen LogP contribution in [0.15, 0.2) is 42.9 Å². The van der Waals surface area contributed by atoms with Gasteiger partial charge in [0, 0.05) is 12.7 Å². The van der Waals surface area contributed by atoms with Gasteiger partial charge < -0.3 is 10.1 Å². The van der Waals surface area contributed by atoms with Gasteiger partial charge in [-0.25, -0.2) is 4.98 Å². The Morgan fingerprint density at radius 1 is 1.14 bits per heavy atom. The van der Waals surface area contributed by atoms with Crippen LogP contribution in [-0.4, -0.2) is 41.3 Å². The monoisotopic (exact) mass is 392 g/mol. The van der Waals surface area contributed by atoms with E-state index < -0.39 is 0 Å². The lowest BCUT2D eigenvalue weighted by molar-refractivity contribution is 0.340. The Hall–Kier alpha value is -3.49. The highest BCUT2D eigenvalue weighted by Crippen LogP contribution is 2.20. The average Bonchev–Trinajstić information content (AvgIpc) is 3.34. The summed E-state index contributed by atoms with van der Waals surface area (Å²) in [5.74, 6) is 1.92. The molecule has 1 aromatic carbocycles. The third-order valence-corrected chi connectivity index (χ3v) is 4.41. The summed E-state index contributed by atoms with van der Waals surface area (Å²) in [5.41, 5.74) is 2.94. The van der Waals surface area contributed by atoms with Crippen molar-refractivity contribution in [1.29, 1.82) is 0 Å². The van der Waals surface area contributed by atoms with Crippen molar-refractivity contribution in [3.05, 3.63) is 42.9 Å². The molecule has 0 saturated heterocycles. The average molecular weight is 392 g/mol. The summed E-state index contributed by atoms with van der Waals surface area (Å²) >= 11 is 0. The second-order valence-electron chi connectivity index (χ2n) is 7.13. The van der Waals surface area contributed by atoms with Gasteiger partial charge >= 0.3 is 0 Å². The molecule has 0 amide bonds. The second-order valence-corrected chi connectivity index (χ2v) is 7.13. The molecule has 9 nitrogen and oxygen atoms in total. The molecular formula is C20H24N8O. The second kappa shape index (κ2) is 8.26. The van der Waals surface area contributed by atoms with Crippen molar-refractivity contribution in [3.63, 3.8) is 0 Å². The first kappa shape index (κ1) is 18.9. The lowest BCUT2D eigenvalue weighted by atomic mass is 10.1. The van der Waals surface area contributed by atoms with E-state index in [1.54, 1.807) is 17.1 Å². The van der Waals surface area contributed by atoms with Gasteiger partial charge in [0.15, 0.2) is 11.2 Å². The van der Waals surface area contributed by atoms with Gasteiger partial charge in [0.05, 0.1) is 30.4 Å². The van der Waals surface area contributed by atoms with Gasteiger partial charge in [-0.1, -0.05) is 19.1 Å². The van der Waals surface area contributed by atoms with Gasteiger partial charge in [-0.05, 0) is 43.5 Å². The molecule has 0 spiro atoms. The van der Waals surface area contributed by atoms with E-state index in [1.165, 1.54) is 0 Å². The molecule has 9 heteroatoms. The number of fused-ring (bicyclic) bond motifs is 1. The fourth-order valence-electron chi connectivity index (χ4n) is 2.88. The normalized spacial score (nSPS) is 11.3. The highest BCUT2D eigenvalue weighted by molar-refractivity contribution is 5.72. The van der Waals surface area contributed by atoms with Crippen molar-refractivity contribution < 1.29 is 4.74 Å². The van der Waals surface area contributed by atoms with E-state index in [1.807, 2.05) is 42.1 Å². The SMILES string of the molecule is CCOc1ccc(-n2nnc3cnc(Nc4cnn(CCC(C)C)c4)nc32)cc1. The molecule has 0 aliphatic carbocycles. The van der Waals surface area contributed by atoms with Crippen LogP contribution in [0.3, 0.4) is 0 Å². The first-order valence-electron chi connectivity index (χ1n) is 9.73. The number of hydrogen-bond donors (Lipinski definition) is 1. The predicted molar refractivity (Wildman–Crippen MR) is 111 cm³/mol. The standard InChI is InChI=1S/C20H24N8O/c1-4-29-17-7-5-16(6-8-17)28-19-18(25-26-28)12-21-20(24-19)23-15-11-22-27(13-15)10-9-14(2)3/h5-8,11-14H,4,9-10H2,1-3H3,(H,21,23,24). The lowest BCUT2D eigenvalue weighted by Crippen LogP contribution is -2.02. The molecule has 0 atom stereocenters. The Morgan fingerprint density at radius 3 is 2.72 bits per heavy atom. The number of aromatic nitrogens is 7. The Labute approximate surface area is 168 Å². The number of rotatable bonds is 8. The summed E-state index contributed by atoms with van der Waals surface area (Å²) in [6.07, 6.45) is 6.47. The van der Waals surface area contributed by atoms with Crippen molar-refractivity contribution in [2.75, 3.05) is 11.9 Å². The number of nitrogens with zero attached hydrogens (tertiary/aromatic N) is 7. The van der Waals surface area contributed by atoms with Crippen molar-refractivity contribution >= 4 is 22.8 Å². The van der Waals surface area contributed by atoms with Crippen LogP contribution >= 0.6 is 0 Å². The zero-order chi connectivity index (χ0) is 20.2. The van der Waals surface area contributed by atoms with Gasteiger partial charge in [-0.3, -0.25) is 4.68 Å². The summed E-state index contributed by atoms with van der Waals surface area (Å²) in [7, 11) is 0. The minimum absolute atomic E-state index is 0.468. The predicted octanol–water partition coefficient (Wildman–Crippen LogP) is 3.60. The number of hydrogen-bond acceptors (Lipinski definition) is 7. The lowest BCUT2D eigenvalue weighted by Gasteiger charge is -2.06. The fraction of sp³-hybridized carbons (Fsp3) is 0.350. The van der Waals surface area contributed by atoms with Gasteiger partial charge in [0.1, 0.15) is 5.75 Å². The molecule has 4 aromatic rings. The maximum Gasteiger partial charge on any atom is 0.229 e. The molecule has 0 aliphatic heterocycles. The van der Waals surface area contributed by atoms with E-state index in [0.29, 0.717) is 29.6 Å². The molecule has 150 valence electrons. The molecular weight excluding hydrogens is 368 g/mol. The van der Waals surface area contributed by atoms with Crippen LogP contribution in [0.5, 0.6) is 5.75 Å². The van der Waals surface area contributed by atoms with Crippen LogP contribution in [0, 0.1) is 5.92 Å². The zero-order valence-electron chi connectivity index (χ0n) is 16.8. The molecule has 4 rings (SSSR count). The molecule has 1 N–H and O–H groups in total. The van der Waals surface area contributed by atoms with Crippen LogP contribution in [0.1, 0.15) is 27.2 Å². The van der Waals surface area contributed by atoms with Crippen molar-refractivity contribution in [2.24, 2.45) is 5.92 Å². The van der Waals surface area contributed by atoms with E-state index in [-0.39, 0.29) is 0 Å². The smallest absolute Gasteiger partial charge is 0.229 e. The van der Waals surface area contributed by atoms with Crippen LogP contribution < -0.4 is 10.1 Å². The molecule has 0 radical (unpaired) electrons. The molecule has 3 aromatic heterocycles. The largest absolute Gasteiger partial charge is 0.494 e. The molecule has 0 bridgehead atoms. The Morgan fingerprint density at radius 2 is 1.97 bits per heavy atom. The summed E-state index contributed by atoms with van der Waals surface area (Å²) in [6, 6.07) is 7.65. The third-order valence-electron chi connectivity index (χ3n) is 4.41. The minimum atomic E-state index is 0.468. The zero-order valence-corrected chi connectivity index (χ0v) is 16.8. The van der Waals surface area contributed by atoms with E-state index in [4.69, 9.17) is 4.74 Å². The van der Waals surface area contributed by atoms with E-state index >= 15 is 0 Å². The van der Waals surface area contributed by atoms with Crippen molar-refractivity contribution in [2.45, 2.75) is 33.7 Å².